The van der Waals surface area contributed by atoms with Crippen molar-refractivity contribution in [3.63, 3.8) is 0 Å². The van der Waals surface area contributed by atoms with Crippen molar-refractivity contribution in [3.8, 4) is 16.3 Å². The lowest BCUT2D eigenvalue weighted by molar-refractivity contribution is -0.137. The van der Waals surface area contributed by atoms with Crippen LogP contribution in [0.4, 0.5) is 22.4 Å². The van der Waals surface area contributed by atoms with Gasteiger partial charge in [-0.15, -0.1) is 0 Å². The molecule has 1 N–H and O–H groups in total. The molecule has 1 fully saturated rings. The number of aryl methyl sites for hydroxylation is 1. The minimum Gasteiger partial charge on any atom is -0.399 e. The minimum atomic E-state index is -4.46. The fourth-order valence-electron chi connectivity index (χ4n) is 6.67. The largest absolute Gasteiger partial charge is 0.416 e. The Balaban J connectivity index is 1.14. The van der Waals surface area contributed by atoms with Crippen LogP contribution >= 0.6 is 11.3 Å². The van der Waals surface area contributed by atoms with Gasteiger partial charge in [-0.25, -0.2) is 17.6 Å². The van der Waals surface area contributed by atoms with E-state index in [1.807, 2.05) is 11.6 Å². The number of ether oxygens (including phenoxy) is 1. The van der Waals surface area contributed by atoms with E-state index in [0.717, 1.165) is 84.2 Å². The van der Waals surface area contributed by atoms with Crippen LogP contribution in [0.25, 0.3) is 21.3 Å². The summed E-state index contributed by atoms with van der Waals surface area (Å²) in [7, 11) is -3.47. The van der Waals surface area contributed by atoms with Crippen LogP contribution in [0, 0.1) is 5.82 Å². The molecule has 0 bridgehead atoms. The molecule has 0 radical (unpaired) electrons. The molecule has 258 valence electrons. The quantitative estimate of drug-likeness (QED) is 0.197. The summed E-state index contributed by atoms with van der Waals surface area (Å²) in [5.41, 5.74) is 2.83. The third-order valence-corrected chi connectivity index (χ3v) is 11.4. The maximum atomic E-state index is 14.0. The summed E-state index contributed by atoms with van der Waals surface area (Å²) in [6.45, 7) is 5.69. The van der Waals surface area contributed by atoms with E-state index < -0.39 is 27.9 Å². The number of hydrogen-bond acceptors (Lipinski definition) is 7. The fourth-order valence-corrected chi connectivity index (χ4v) is 8.62. The number of carbonyl (C=O) groups excluding carboxylic acids is 1. The lowest BCUT2D eigenvalue weighted by Crippen LogP contribution is -2.36. The average Bonchev–Trinajstić information content (AvgIpc) is 3.58. The molecule has 2 aliphatic heterocycles. The highest BCUT2D eigenvalue weighted by Crippen LogP contribution is 2.45. The van der Waals surface area contributed by atoms with Crippen LogP contribution in [0.15, 0.2) is 42.5 Å². The SMILES string of the molecule is CCNC(=O)Oc1sc2cc(F)ccc2c1C1CCN(CCCn2nc(-c3ccc(C(F)(F)F)cc3)c3c2CCN(S(C)(=O)=O)C3)CC1. The summed E-state index contributed by atoms with van der Waals surface area (Å²) < 4.78 is 88.0. The monoisotopic (exact) mass is 707 g/mol. The van der Waals surface area contributed by atoms with Crippen LogP contribution in [0.5, 0.6) is 5.06 Å². The second kappa shape index (κ2) is 13.8. The Morgan fingerprint density at radius 3 is 2.48 bits per heavy atom. The number of rotatable bonds is 9. The number of nitrogens with one attached hydrogen (secondary N) is 1. The highest BCUT2D eigenvalue weighted by atomic mass is 32.2. The van der Waals surface area contributed by atoms with Crippen molar-refractivity contribution in [3.05, 3.63) is 70.7 Å². The van der Waals surface area contributed by atoms with Gasteiger partial charge in [0.25, 0.3) is 0 Å². The fraction of sp³-hybridized carbons (Fsp3) is 0.455. The van der Waals surface area contributed by atoms with Gasteiger partial charge in [-0.1, -0.05) is 29.5 Å². The number of alkyl halides is 3. The molecule has 1 amide bonds. The molecular weight excluding hydrogens is 671 g/mol. The van der Waals surface area contributed by atoms with E-state index in [2.05, 4.69) is 10.2 Å². The summed E-state index contributed by atoms with van der Waals surface area (Å²) in [6.07, 6.45) is -0.933. The third kappa shape index (κ3) is 7.38. The van der Waals surface area contributed by atoms with Gasteiger partial charge in [0.15, 0.2) is 5.06 Å². The Labute approximate surface area is 280 Å². The normalized spacial score (nSPS) is 16.7. The number of likely N-dealkylation sites (tertiary alicyclic amines) is 1. The number of nitrogens with zero attached hydrogens (tertiary/aromatic N) is 4. The van der Waals surface area contributed by atoms with Gasteiger partial charge >= 0.3 is 12.3 Å². The number of hydrogen-bond donors (Lipinski definition) is 1. The van der Waals surface area contributed by atoms with Crippen molar-refractivity contribution in [2.24, 2.45) is 0 Å². The molecule has 48 heavy (non-hydrogen) atoms. The number of fused-ring (bicyclic) bond motifs is 2. The standard InChI is InChI=1S/C33H37F4N5O4S2/c1-3-38-32(43)46-31-29(25-10-9-24(34)19-28(25)47-31)21-11-16-40(17-12-21)14-4-15-42-27-13-18-41(48(2,44)45)20-26(27)30(39-42)22-5-7-23(8-6-22)33(35,36)37/h5-10,19,21H,3-4,11-18,20H2,1-2H3,(H,38,43). The number of piperidine rings is 1. The number of thiophene rings is 1. The summed E-state index contributed by atoms with van der Waals surface area (Å²) in [5, 5.41) is 8.86. The van der Waals surface area contributed by atoms with Gasteiger partial charge in [0.2, 0.25) is 10.0 Å². The van der Waals surface area contributed by atoms with Crippen LogP contribution in [-0.4, -0.2) is 72.5 Å². The number of amides is 1. The van der Waals surface area contributed by atoms with E-state index in [4.69, 9.17) is 9.84 Å². The number of aromatic nitrogens is 2. The second-order valence-corrected chi connectivity index (χ2v) is 15.2. The molecule has 0 saturated carbocycles. The first-order valence-corrected chi connectivity index (χ1v) is 18.6. The molecule has 15 heteroatoms. The zero-order valence-electron chi connectivity index (χ0n) is 26.6. The van der Waals surface area contributed by atoms with Crippen LogP contribution < -0.4 is 10.1 Å². The van der Waals surface area contributed by atoms with Gasteiger partial charge in [-0.3, -0.25) is 4.68 Å². The summed E-state index contributed by atoms with van der Waals surface area (Å²) in [4.78, 5) is 14.6. The highest BCUT2D eigenvalue weighted by molar-refractivity contribution is 7.88. The smallest absolute Gasteiger partial charge is 0.399 e. The third-order valence-electron chi connectivity index (χ3n) is 9.06. The zero-order chi connectivity index (χ0) is 34.2. The van der Waals surface area contributed by atoms with E-state index >= 15 is 0 Å². The highest BCUT2D eigenvalue weighted by Gasteiger charge is 2.33. The van der Waals surface area contributed by atoms with Crippen molar-refractivity contribution in [2.75, 3.05) is 39.0 Å². The van der Waals surface area contributed by atoms with Crippen molar-refractivity contribution in [1.29, 1.82) is 0 Å². The first kappa shape index (κ1) is 34.3. The number of halogens is 4. The molecule has 0 unspecified atom stereocenters. The van der Waals surface area contributed by atoms with Gasteiger partial charge in [0, 0.05) is 65.1 Å². The summed E-state index contributed by atoms with van der Waals surface area (Å²) >= 11 is 1.28. The molecule has 2 aromatic heterocycles. The molecule has 0 spiro atoms. The summed E-state index contributed by atoms with van der Waals surface area (Å²) in [6, 6.07) is 9.48. The van der Waals surface area contributed by atoms with Crippen molar-refractivity contribution in [1.82, 2.24) is 24.3 Å². The van der Waals surface area contributed by atoms with Gasteiger partial charge in [-0.05, 0) is 76.0 Å². The van der Waals surface area contributed by atoms with Gasteiger partial charge in [0.05, 0.1) is 17.5 Å². The van der Waals surface area contributed by atoms with Gasteiger partial charge in [-0.2, -0.15) is 22.6 Å². The molecule has 4 aromatic rings. The van der Waals surface area contributed by atoms with Crippen molar-refractivity contribution < 1.29 is 35.5 Å². The maximum absolute atomic E-state index is 14.0. The molecule has 4 heterocycles. The second-order valence-electron chi connectivity index (χ2n) is 12.3. The predicted octanol–water partition coefficient (Wildman–Crippen LogP) is 6.62. The number of carbonyl (C=O) groups is 1. The average molecular weight is 708 g/mol. The van der Waals surface area contributed by atoms with E-state index in [9.17, 15) is 30.8 Å². The summed E-state index contributed by atoms with van der Waals surface area (Å²) in [5.74, 6) is -0.195. The molecule has 2 aromatic carbocycles. The lowest BCUT2D eigenvalue weighted by Gasteiger charge is -2.32. The van der Waals surface area contributed by atoms with Crippen LogP contribution in [0.3, 0.4) is 0 Å². The van der Waals surface area contributed by atoms with E-state index in [1.165, 1.54) is 39.9 Å². The Kier molecular flexibility index (Phi) is 9.85. The molecule has 6 rings (SSSR count). The first-order valence-electron chi connectivity index (χ1n) is 15.9. The van der Waals surface area contributed by atoms with Gasteiger partial charge in [0.1, 0.15) is 5.82 Å². The Morgan fingerprint density at radius 1 is 1.08 bits per heavy atom. The van der Waals surface area contributed by atoms with E-state index in [0.29, 0.717) is 42.4 Å². The molecule has 0 atom stereocenters. The topological polar surface area (TPSA) is 96.8 Å². The molecular formula is C33H37F4N5O4S2. The number of sulfonamides is 1. The maximum Gasteiger partial charge on any atom is 0.416 e. The molecule has 9 nitrogen and oxygen atoms in total. The van der Waals surface area contributed by atoms with E-state index in [1.54, 1.807) is 6.07 Å². The van der Waals surface area contributed by atoms with Crippen LogP contribution in [-0.2, 0) is 35.7 Å². The van der Waals surface area contributed by atoms with Crippen molar-refractivity contribution >= 4 is 37.5 Å². The Bertz CT molecular complexity index is 1900. The molecule has 2 aliphatic rings. The minimum absolute atomic E-state index is 0.119. The molecule has 1 saturated heterocycles. The molecule has 0 aliphatic carbocycles. The zero-order valence-corrected chi connectivity index (χ0v) is 28.3. The predicted molar refractivity (Wildman–Crippen MR) is 176 cm³/mol. The van der Waals surface area contributed by atoms with Crippen LogP contribution in [0.2, 0.25) is 0 Å². The van der Waals surface area contributed by atoms with Crippen molar-refractivity contribution in [2.45, 2.75) is 57.8 Å². The van der Waals surface area contributed by atoms with E-state index in [-0.39, 0.29) is 18.3 Å². The van der Waals surface area contributed by atoms with Gasteiger partial charge < -0.3 is 15.0 Å². The Hall–Kier alpha value is -3.53. The Morgan fingerprint density at radius 2 is 1.81 bits per heavy atom. The lowest BCUT2D eigenvalue weighted by atomic mass is 9.88. The number of benzene rings is 2. The first-order chi connectivity index (χ1) is 22.8. The van der Waals surface area contributed by atoms with Crippen LogP contribution in [0.1, 0.15) is 54.5 Å².